The predicted octanol–water partition coefficient (Wildman–Crippen LogP) is 2.17. The van der Waals surface area contributed by atoms with Crippen molar-refractivity contribution in [2.24, 2.45) is 0 Å². The van der Waals surface area contributed by atoms with E-state index in [-0.39, 0.29) is 12.5 Å². The SMILES string of the molecule is CC(O)(CNC(=O)c1cc(Br)ccc1Br)CC(=O)O. The highest BCUT2D eigenvalue weighted by molar-refractivity contribution is 9.11. The van der Waals surface area contributed by atoms with Crippen LogP contribution in [0.15, 0.2) is 27.1 Å². The highest BCUT2D eigenvalue weighted by Gasteiger charge is 2.25. The number of nitrogens with one attached hydrogen (secondary N) is 1. The minimum atomic E-state index is -1.49. The molecule has 1 atom stereocenters. The van der Waals surface area contributed by atoms with Crippen molar-refractivity contribution < 1.29 is 19.8 Å². The smallest absolute Gasteiger partial charge is 0.306 e. The van der Waals surface area contributed by atoms with E-state index in [1.54, 1.807) is 18.2 Å². The van der Waals surface area contributed by atoms with E-state index >= 15 is 0 Å². The molecular weight excluding hydrogens is 382 g/mol. The Morgan fingerprint density at radius 2 is 2.00 bits per heavy atom. The van der Waals surface area contributed by atoms with E-state index < -0.39 is 18.0 Å². The van der Waals surface area contributed by atoms with Gasteiger partial charge in [0.25, 0.3) is 5.91 Å². The third-order valence-corrected chi connectivity index (χ3v) is 3.52. The average molecular weight is 395 g/mol. The van der Waals surface area contributed by atoms with Gasteiger partial charge < -0.3 is 15.5 Å². The first-order valence-corrected chi connectivity index (χ1v) is 6.97. The van der Waals surface area contributed by atoms with Gasteiger partial charge in [-0.15, -0.1) is 0 Å². The molecule has 0 spiro atoms. The first kappa shape index (κ1) is 16.1. The van der Waals surface area contributed by atoms with Crippen molar-refractivity contribution in [2.75, 3.05) is 6.54 Å². The van der Waals surface area contributed by atoms with Gasteiger partial charge in [0.1, 0.15) is 0 Å². The summed E-state index contributed by atoms with van der Waals surface area (Å²) in [5.74, 6) is -1.51. The summed E-state index contributed by atoms with van der Waals surface area (Å²) < 4.78 is 1.37. The predicted molar refractivity (Wildman–Crippen MR) is 77.1 cm³/mol. The maximum Gasteiger partial charge on any atom is 0.306 e. The number of halogens is 2. The molecule has 0 heterocycles. The van der Waals surface area contributed by atoms with Crippen LogP contribution in [0.4, 0.5) is 0 Å². The summed E-state index contributed by atoms with van der Waals surface area (Å²) in [6, 6.07) is 5.13. The summed E-state index contributed by atoms with van der Waals surface area (Å²) in [7, 11) is 0. The third-order valence-electron chi connectivity index (χ3n) is 2.33. The fourth-order valence-corrected chi connectivity index (χ4v) is 2.21. The van der Waals surface area contributed by atoms with Gasteiger partial charge in [-0.05, 0) is 41.1 Å². The van der Waals surface area contributed by atoms with Crippen LogP contribution in [0.5, 0.6) is 0 Å². The molecule has 1 aromatic carbocycles. The van der Waals surface area contributed by atoms with Crippen molar-refractivity contribution >= 4 is 43.7 Å². The van der Waals surface area contributed by atoms with E-state index in [4.69, 9.17) is 5.11 Å². The minimum Gasteiger partial charge on any atom is -0.481 e. The lowest BCUT2D eigenvalue weighted by Crippen LogP contribution is -2.42. The van der Waals surface area contributed by atoms with Crippen LogP contribution in [0.2, 0.25) is 0 Å². The Morgan fingerprint density at radius 3 is 2.58 bits per heavy atom. The lowest BCUT2D eigenvalue weighted by molar-refractivity contribution is -0.141. The number of carbonyl (C=O) groups excluding carboxylic acids is 1. The zero-order chi connectivity index (χ0) is 14.6. The van der Waals surface area contributed by atoms with E-state index in [2.05, 4.69) is 37.2 Å². The lowest BCUT2D eigenvalue weighted by Gasteiger charge is -2.21. The molecule has 0 aliphatic rings. The maximum absolute atomic E-state index is 11.9. The Hall–Kier alpha value is -0.920. The van der Waals surface area contributed by atoms with Crippen LogP contribution in [0.3, 0.4) is 0 Å². The Balaban J connectivity index is 2.70. The molecule has 7 heteroatoms. The topological polar surface area (TPSA) is 86.6 Å². The van der Waals surface area contributed by atoms with Crippen molar-refractivity contribution in [3.8, 4) is 0 Å². The summed E-state index contributed by atoms with van der Waals surface area (Å²) in [6.45, 7) is 1.22. The Labute approximate surface area is 127 Å². The van der Waals surface area contributed by atoms with Crippen LogP contribution >= 0.6 is 31.9 Å². The number of carbonyl (C=O) groups is 2. The van der Waals surface area contributed by atoms with Gasteiger partial charge in [0.2, 0.25) is 0 Å². The molecule has 0 bridgehead atoms. The molecule has 5 nitrogen and oxygen atoms in total. The van der Waals surface area contributed by atoms with Crippen LogP contribution in [0.1, 0.15) is 23.7 Å². The van der Waals surface area contributed by atoms with Gasteiger partial charge in [0.15, 0.2) is 0 Å². The fourth-order valence-electron chi connectivity index (χ4n) is 1.43. The molecule has 1 aromatic rings. The molecular formula is C12H13Br2NO4. The highest BCUT2D eigenvalue weighted by atomic mass is 79.9. The number of carboxylic acids is 1. The van der Waals surface area contributed by atoms with Crippen molar-refractivity contribution in [1.29, 1.82) is 0 Å². The van der Waals surface area contributed by atoms with Crippen LogP contribution < -0.4 is 5.32 Å². The molecule has 0 radical (unpaired) electrons. The molecule has 0 fully saturated rings. The summed E-state index contributed by atoms with van der Waals surface area (Å²) in [4.78, 5) is 22.5. The largest absolute Gasteiger partial charge is 0.481 e. The Kier molecular flexibility index (Phi) is 5.51. The van der Waals surface area contributed by atoms with Crippen molar-refractivity contribution in [1.82, 2.24) is 5.32 Å². The summed E-state index contributed by atoms with van der Waals surface area (Å²) in [5.41, 5.74) is -1.08. The van der Waals surface area contributed by atoms with Gasteiger partial charge in [-0.2, -0.15) is 0 Å². The van der Waals surface area contributed by atoms with Gasteiger partial charge in [0, 0.05) is 15.5 Å². The van der Waals surface area contributed by atoms with Crippen LogP contribution in [-0.2, 0) is 4.79 Å². The molecule has 19 heavy (non-hydrogen) atoms. The number of rotatable bonds is 5. The van der Waals surface area contributed by atoms with Crippen molar-refractivity contribution in [3.05, 3.63) is 32.7 Å². The molecule has 0 aliphatic carbocycles. The molecule has 0 aliphatic heterocycles. The molecule has 0 aromatic heterocycles. The van der Waals surface area contributed by atoms with E-state index in [9.17, 15) is 14.7 Å². The molecule has 104 valence electrons. The molecule has 0 saturated carbocycles. The number of carboxylic acid groups (broad SMARTS) is 1. The molecule has 1 unspecified atom stereocenters. The number of hydrogen-bond acceptors (Lipinski definition) is 3. The summed E-state index contributed by atoms with van der Waals surface area (Å²) >= 11 is 6.51. The average Bonchev–Trinajstić information content (AvgIpc) is 2.27. The van der Waals surface area contributed by atoms with E-state index in [0.29, 0.717) is 10.0 Å². The first-order valence-electron chi connectivity index (χ1n) is 5.39. The second-order valence-corrected chi connectivity index (χ2v) is 6.14. The van der Waals surface area contributed by atoms with Gasteiger partial charge in [-0.25, -0.2) is 0 Å². The van der Waals surface area contributed by atoms with E-state index in [0.717, 1.165) is 4.47 Å². The van der Waals surface area contributed by atoms with Crippen LogP contribution in [0.25, 0.3) is 0 Å². The van der Waals surface area contributed by atoms with Gasteiger partial charge in [-0.3, -0.25) is 9.59 Å². The molecule has 1 rings (SSSR count). The second-order valence-electron chi connectivity index (χ2n) is 4.37. The van der Waals surface area contributed by atoms with E-state index in [1.807, 2.05) is 0 Å². The quantitative estimate of drug-likeness (QED) is 0.714. The van der Waals surface area contributed by atoms with Gasteiger partial charge >= 0.3 is 5.97 Å². The molecule has 1 amide bonds. The minimum absolute atomic E-state index is 0.142. The number of benzene rings is 1. The van der Waals surface area contributed by atoms with Gasteiger partial charge in [0.05, 0.1) is 17.6 Å². The highest BCUT2D eigenvalue weighted by Crippen LogP contribution is 2.21. The molecule has 3 N–H and O–H groups in total. The lowest BCUT2D eigenvalue weighted by atomic mass is 10.0. The number of amides is 1. The van der Waals surface area contributed by atoms with Crippen molar-refractivity contribution in [3.63, 3.8) is 0 Å². The second kappa shape index (κ2) is 6.49. The maximum atomic E-state index is 11.9. The number of aliphatic carboxylic acids is 1. The van der Waals surface area contributed by atoms with Crippen LogP contribution in [-0.4, -0.2) is 34.2 Å². The first-order chi connectivity index (χ1) is 8.71. The van der Waals surface area contributed by atoms with E-state index in [1.165, 1.54) is 6.92 Å². The standard InChI is InChI=1S/C12H13Br2NO4/c1-12(19,5-10(16)17)6-15-11(18)8-4-7(13)2-3-9(8)14/h2-4,19H,5-6H2,1H3,(H,15,18)(H,16,17). The summed E-state index contributed by atoms with van der Waals surface area (Å²) in [5, 5.41) is 20.9. The van der Waals surface area contributed by atoms with Crippen molar-refractivity contribution in [2.45, 2.75) is 18.9 Å². The van der Waals surface area contributed by atoms with Gasteiger partial charge in [-0.1, -0.05) is 15.9 Å². The van der Waals surface area contributed by atoms with Crippen LogP contribution in [0, 0.1) is 0 Å². The fraction of sp³-hybridized carbons (Fsp3) is 0.333. The third kappa shape index (κ3) is 5.30. The zero-order valence-electron chi connectivity index (χ0n) is 10.1. The Bertz CT molecular complexity index is 503. The Morgan fingerprint density at radius 1 is 1.37 bits per heavy atom. The number of aliphatic hydroxyl groups is 1. The summed E-state index contributed by atoms with van der Waals surface area (Å²) in [6.07, 6.45) is -0.438. The number of hydrogen-bond donors (Lipinski definition) is 3. The normalized spacial score (nSPS) is 13.7. The monoisotopic (exact) mass is 393 g/mol. The zero-order valence-corrected chi connectivity index (χ0v) is 13.3. The molecule has 0 saturated heterocycles.